The van der Waals surface area contributed by atoms with Crippen LogP contribution in [-0.2, 0) is 4.79 Å². The second-order valence-corrected chi connectivity index (χ2v) is 7.78. The molecule has 0 radical (unpaired) electrons. The summed E-state index contributed by atoms with van der Waals surface area (Å²) in [7, 11) is 0. The predicted molar refractivity (Wildman–Crippen MR) is 102 cm³/mol. The van der Waals surface area contributed by atoms with Crippen LogP contribution >= 0.6 is 11.3 Å². The van der Waals surface area contributed by atoms with Crippen molar-refractivity contribution in [2.45, 2.75) is 46.1 Å². The summed E-state index contributed by atoms with van der Waals surface area (Å²) in [4.78, 5) is 25.3. The summed E-state index contributed by atoms with van der Waals surface area (Å²) in [5.74, 6) is 0.145. The van der Waals surface area contributed by atoms with Crippen molar-refractivity contribution in [1.29, 1.82) is 0 Å². The maximum absolute atomic E-state index is 12.7. The number of nitrogens with one attached hydrogen (secondary N) is 2. The number of carbonyl (C=O) groups is 2. The summed E-state index contributed by atoms with van der Waals surface area (Å²) < 4.78 is 0. The lowest BCUT2D eigenvalue weighted by atomic mass is 10.0. The van der Waals surface area contributed by atoms with Gasteiger partial charge in [0.15, 0.2) is 0 Å². The Morgan fingerprint density at radius 2 is 1.88 bits per heavy atom. The molecule has 1 atom stereocenters. The monoisotopic (exact) mass is 356 g/mol. The molecule has 1 unspecified atom stereocenters. The maximum Gasteiger partial charge on any atom is 0.262 e. The van der Waals surface area contributed by atoms with Crippen molar-refractivity contribution in [3.05, 3.63) is 51.9 Å². The molecule has 1 aliphatic carbocycles. The summed E-state index contributed by atoms with van der Waals surface area (Å²) in [6, 6.07) is 10.1. The predicted octanol–water partition coefficient (Wildman–Crippen LogP) is 4.59. The second-order valence-electron chi connectivity index (χ2n) is 6.73. The minimum Gasteiger partial charge on any atom is -0.345 e. The topological polar surface area (TPSA) is 58.2 Å². The molecule has 0 aliphatic heterocycles. The van der Waals surface area contributed by atoms with Crippen LogP contribution in [0.4, 0.5) is 5.00 Å². The van der Waals surface area contributed by atoms with E-state index in [9.17, 15) is 9.59 Å². The fourth-order valence-electron chi connectivity index (χ4n) is 2.78. The number of thiophene rings is 1. The largest absolute Gasteiger partial charge is 0.345 e. The van der Waals surface area contributed by atoms with Gasteiger partial charge in [-0.15, -0.1) is 11.3 Å². The fraction of sp³-hybridized carbons (Fsp3) is 0.400. The van der Waals surface area contributed by atoms with Crippen LogP contribution in [0, 0.1) is 19.8 Å². The smallest absolute Gasteiger partial charge is 0.262 e. The Balaban J connectivity index is 1.70. The zero-order chi connectivity index (χ0) is 18.0. The number of aryl methyl sites for hydroxylation is 2. The lowest BCUT2D eigenvalue weighted by Gasteiger charge is -2.17. The molecule has 0 bridgehead atoms. The molecule has 0 spiro atoms. The molecule has 2 amide bonds. The first-order valence-electron chi connectivity index (χ1n) is 8.76. The Bertz CT molecular complexity index is 775. The first kappa shape index (κ1) is 17.7. The highest BCUT2D eigenvalue weighted by molar-refractivity contribution is 7.18. The minimum atomic E-state index is -0.0816. The summed E-state index contributed by atoms with van der Waals surface area (Å²) in [6.07, 6.45) is 2.76. The molecular weight excluding hydrogens is 332 g/mol. The Hall–Kier alpha value is -2.14. The van der Waals surface area contributed by atoms with E-state index in [0.29, 0.717) is 4.88 Å². The van der Waals surface area contributed by atoms with Crippen LogP contribution in [-0.4, -0.2) is 11.8 Å². The van der Waals surface area contributed by atoms with E-state index in [2.05, 4.69) is 48.7 Å². The highest BCUT2D eigenvalue weighted by Crippen LogP contribution is 2.33. The van der Waals surface area contributed by atoms with E-state index in [4.69, 9.17) is 0 Å². The number of rotatable bonds is 6. The number of hydrogen-bond donors (Lipinski definition) is 2. The molecule has 1 aromatic carbocycles. The zero-order valence-electron chi connectivity index (χ0n) is 14.9. The zero-order valence-corrected chi connectivity index (χ0v) is 15.7. The number of benzene rings is 1. The van der Waals surface area contributed by atoms with Gasteiger partial charge in [-0.05, 0) is 50.3 Å². The van der Waals surface area contributed by atoms with Crippen LogP contribution in [0.5, 0.6) is 0 Å². The van der Waals surface area contributed by atoms with Gasteiger partial charge in [-0.2, -0.15) is 0 Å². The summed E-state index contributed by atoms with van der Waals surface area (Å²) >= 11 is 1.35. The van der Waals surface area contributed by atoms with Crippen molar-refractivity contribution < 1.29 is 9.59 Å². The maximum atomic E-state index is 12.7. The van der Waals surface area contributed by atoms with E-state index in [1.807, 2.05) is 13.0 Å². The number of carbonyl (C=O) groups excluding carboxylic acids is 2. The highest BCUT2D eigenvalue weighted by Gasteiger charge is 2.30. The average molecular weight is 356 g/mol. The van der Waals surface area contributed by atoms with Crippen molar-refractivity contribution in [2.24, 2.45) is 5.92 Å². The number of hydrogen-bond acceptors (Lipinski definition) is 3. The molecule has 1 aromatic heterocycles. The van der Waals surface area contributed by atoms with Crippen LogP contribution in [0.2, 0.25) is 0 Å². The fourth-order valence-corrected chi connectivity index (χ4v) is 3.76. The van der Waals surface area contributed by atoms with Crippen molar-refractivity contribution in [3.63, 3.8) is 0 Å². The van der Waals surface area contributed by atoms with Crippen LogP contribution in [0.1, 0.15) is 58.6 Å². The number of anilines is 1. The normalized spacial score (nSPS) is 14.8. The van der Waals surface area contributed by atoms with Crippen molar-refractivity contribution in [3.8, 4) is 0 Å². The Morgan fingerprint density at radius 1 is 1.20 bits per heavy atom. The van der Waals surface area contributed by atoms with E-state index in [1.54, 1.807) is 0 Å². The molecule has 1 fully saturated rings. The van der Waals surface area contributed by atoms with E-state index < -0.39 is 0 Å². The molecule has 3 rings (SSSR count). The SMILES string of the molecule is CCC(NC(=O)c1sc(NC(=O)C2CC2)cc1C)c1ccc(C)cc1. The Kier molecular flexibility index (Phi) is 5.23. The third kappa shape index (κ3) is 4.28. The van der Waals surface area contributed by atoms with Gasteiger partial charge in [0.25, 0.3) is 5.91 Å². The summed E-state index contributed by atoms with van der Waals surface area (Å²) in [5, 5.41) is 6.80. The van der Waals surface area contributed by atoms with E-state index in [-0.39, 0.29) is 23.8 Å². The van der Waals surface area contributed by atoms with Crippen molar-refractivity contribution in [1.82, 2.24) is 5.32 Å². The van der Waals surface area contributed by atoms with Crippen LogP contribution in [0.25, 0.3) is 0 Å². The van der Waals surface area contributed by atoms with Crippen LogP contribution < -0.4 is 10.6 Å². The molecule has 2 N–H and O–H groups in total. The van der Waals surface area contributed by atoms with Gasteiger partial charge in [-0.25, -0.2) is 0 Å². The minimum absolute atomic E-state index is 0.0147. The van der Waals surface area contributed by atoms with Gasteiger partial charge >= 0.3 is 0 Å². The van der Waals surface area contributed by atoms with Gasteiger partial charge < -0.3 is 10.6 Å². The molecule has 1 heterocycles. The van der Waals surface area contributed by atoms with Crippen LogP contribution in [0.3, 0.4) is 0 Å². The molecule has 2 aromatic rings. The molecule has 132 valence electrons. The summed E-state index contributed by atoms with van der Waals surface area (Å²) in [5.41, 5.74) is 3.21. The molecule has 1 saturated carbocycles. The standard InChI is InChI=1S/C20H24N2O2S/c1-4-16(14-7-5-12(2)6-8-14)21-20(24)18-13(3)11-17(25-18)22-19(23)15-9-10-15/h5-8,11,15-16H,4,9-10H2,1-3H3,(H,21,24)(H,22,23). The summed E-state index contributed by atoms with van der Waals surface area (Å²) in [6.45, 7) is 6.02. The molecule has 0 saturated heterocycles. The molecular formula is C20H24N2O2S. The second kappa shape index (κ2) is 7.40. The Labute approximate surface area is 152 Å². The Morgan fingerprint density at radius 3 is 2.48 bits per heavy atom. The molecule has 25 heavy (non-hydrogen) atoms. The van der Waals surface area contributed by atoms with E-state index in [0.717, 1.165) is 35.4 Å². The van der Waals surface area contributed by atoms with E-state index in [1.165, 1.54) is 16.9 Å². The molecule has 1 aliphatic rings. The van der Waals surface area contributed by atoms with Gasteiger partial charge in [0, 0.05) is 5.92 Å². The van der Waals surface area contributed by atoms with Crippen molar-refractivity contribution in [2.75, 3.05) is 5.32 Å². The third-order valence-corrected chi connectivity index (χ3v) is 5.66. The third-order valence-electron chi connectivity index (χ3n) is 4.51. The average Bonchev–Trinajstić information content (AvgIpc) is 3.37. The first-order chi connectivity index (χ1) is 12.0. The number of amides is 2. The van der Waals surface area contributed by atoms with Gasteiger partial charge in [-0.1, -0.05) is 36.8 Å². The van der Waals surface area contributed by atoms with Crippen LogP contribution in [0.15, 0.2) is 30.3 Å². The molecule has 5 heteroatoms. The highest BCUT2D eigenvalue weighted by atomic mass is 32.1. The lowest BCUT2D eigenvalue weighted by molar-refractivity contribution is -0.117. The van der Waals surface area contributed by atoms with E-state index >= 15 is 0 Å². The van der Waals surface area contributed by atoms with Gasteiger partial charge in [-0.3, -0.25) is 9.59 Å². The first-order valence-corrected chi connectivity index (χ1v) is 9.58. The quantitative estimate of drug-likeness (QED) is 0.795. The molecule has 4 nitrogen and oxygen atoms in total. The van der Waals surface area contributed by atoms with Gasteiger partial charge in [0.05, 0.1) is 15.9 Å². The van der Waals surface area contributed by atoms with Gasteiger partial charge in [0.2, 0.25) is 5.91 Å². The van der Waals surface area contributed by atoms with Crippen molar-refractivity contribution >= 4 is 28.2 Å². The van der Waals surface area contributed by atoms with Gasteiger partial charge in [0.1, 0.15) is 0 Å². The lowest BCUT2D eigenvalue weighted by Crippen LogP contribution is -2.27.